The molecule has 0 radical (unpaired) electrons. The SMILES string of the molecule is O=C(Cc1ccccc1[N+](=O)[O-])N1CCN(S(=O)(=O)c2cccc(Br)c2)CC1. The first-order valence-corrected chi connectivity index (χ1v) is 10.8. The van der Waals surface area contributed by atoms with E-state index in [0.717, 1.165) is 0 Å². The van der Waals surface area contributed by atoms with Crippen LogP contribution in [0, 0.1) is 10.1 Å². The summed E-state index contributed by atoms with van der Waals surface area (Å²) in [5.41, 5.74) is 0.258. The van der Waals surface area contributed by atoms with E-state index in [1.54, 1.807) is 41.3 Å². The minimum Gasteiger partial charge on any atom is -0.340 e. The summed E-state index contributed by atoms with van der Waals surface area (Å²) in [4.78, 5) is 24.9. The third-order valence-electron chi connectivity index (χ3n) is 4.56. The molecule has 1 amide bonds. The molecule has 10 heteroatoms. The predicted molar refractivity (Wildman–Crippen MR) is 106 cm³/mol. The Hall–Kier alpha value is -2.30. The van der Waals surface area contributed by atoms with Crippen molar-refractivity contribution < 1.29 is 18.1 Å². The Balaban J connectivity index is 1.65. The average Bonchev–Trinajstić information content (AvgIpc) is 2.68. The molecule has 0 aliphatic carbocycles. The van der Waals surface area contributed by atoms with Gasteiger partial charge in [0.2, 0.25) is 15.9 Å². The zero-order valence-corrected chi connectivity index (χ0v) is 17.2. The lowest BCUT2D eigenvalue weighted by molar-refractivity contribution is -0.385. The van der Waals surface area contributed by atoms with Crippen molar-refractivity contribution in [3.8, 4) is 0 Å². The van der Waals surface area contributed by atoms with Crippen molar-refractivity contribution >= 4 is 37.5 Å². The molecular weight excluding hydrogens is 450 g/mol. The zero-order chi connectivity index (χ0) is 20.3. The monoisotopic (exact) mass is 467 g/mol. The Kier molecular flexibility index (Phi) is 6.11. The van der Waals surface area contributed by atoms with Gasteiger partial charge in [0.15, 0.2) is 0 Å². The van der Waals surface area contributed by atoms with Crippen LogP contribution in [0.15, 0.2) is 57.9 Å². The number of carbonyl (C=O) groups excluding carboxylic acids is 1. The molecule has 2 aromatic carbocycles. The molecule has 1 saturated heterocycles. The number of rotatable bonds is 5. The minimum atomic E-state index is -3.63. The third kappa shape index (κ3) is 4.40. The van der Waals surface area contributed by atoms with Gasteiger partial charge < -0.3 is 4.90 Å². The van der Waals surface area contributed by atoms with E-state index < -0.39 is 14.9 Å². The number of sulfonamides is 1. The number of amides is 1. The number of nitro groups is 1. The number of para-hydroxylation sites is 1. The first-order chi connectivity index (χ1) is 13.3. The summed E-state index contributed by atoms with van der Waals surface area (Å²) in [6.07, 6.45) is -0.0878. The van der Waals surface area contributed by atoms with Crippen LogP contribution >= 0.6 is 15.9 Å². The smallest absolute Gasteiger partial charge is 0.273 e. The Morgan fingerprint density at radius 3 is 2.39 bits per heavy atom. The summed E-state index contributed by atoms with van der Waals surface area (Å²) < 4.78 is 27.5. The van der Waals surface area contributed by atoms with Crippen LogP contribution in [0.3, 0.4) is 0 Å². The van der Waals surface area contributed by atoms with Gasteiger partial charge in [0.25, 0.3) is 5.69 Å². The van der Waals surface area contributed by atoms with Gasteiger partial charge in [-0.3, -0.25) is 14.9 Å². The van der Waals surface area contributed by atoms with Crippen molar-refractivity contribution in [1.82, 2.24) is 9.21 Å². The maximum Gasteiger partial charge on any atom is 0.273 e. The van der Waals surface area contributed by atoms with E-state index in [4.69, 9.17) is 0 Å². The van der Waals surface area contributed by atoms with E-state index in [1.807, 2.05) is 0 Å². The third-order valence-corrected chi connectivity index (χ3v) is 6.94. The fourth-order valence-electron chi connectivity index (χ4n) is 3.07. The highest BCUT2D eigenvalue weighted by atomic mass is 79.9. The molecule has 1 aliphatic rings. The molecule has 0 spiro atoms. The van der Waals surface area contributed by atoms with Crippen molar-refractivity contribution in [1.29, 1.82) is 0 Å². The molecule has 0 aromatic heterocycles. The molecule has 2 aromatic rings. The molecular formula is C18H18BrN3O5S. The summed E-state index contributed by atoms with van der Waals surface area (Å²) in [7, 11) is -3.63. The first-order valence-electron chi connectivity index (χ1n) is 8.55. The van der Waals surface area contributed by atoms with Crippen LogP contribution in [0.5, 0.6) is 0 Å². The number of piperazine rings is 1. The number of nitro benzene ring substituents is 1. The molecule has 8 nitrogen and oxygen atoms in total. The van der Waals surface area contributed by atoms with Gasteiger partial charge in [0.1, 0.15) is 0 Å². The molecule has 0 N–H and O–H groups in total. The van der Waals surface area contributed by atoms with Crippen LogP contribution in [-0.2, 0) is 21.2 Å². The van der Waals surface area contributed by atoms with Gasteiger partial charge in [-0.2, -0.15) is 4.31 Å². The number of hydrogen-bond acceptors (Lipinski definition) is 5. The molecule has 1 aliphatic heterocycles. The van der Waals surface area contributed by atoms with Gasteiger partial charge in [0.05, 0.1) is 16.2 Å². The van der Waals surface area contributed by atoms with Crippen LogP contribution in [0.2, 0.25) is 0 Å². The Morgan fingerprint density at radius 1 is 1.07 bits per heavy atom. The zero-order valence-electron chi connectivity index (χ0n) is 14.8. The maximum atomic E-state index is 12.8. The first kappa shape index (κ1) is 20.4. The molecule has 0 atom stereocenters. The minimum absolute atomic E-state index is 0.0878. The van der Waals surface area contributed by atoms with Crippen molar-refractivity contribution in [2.45, 2.75) is 11.3 Å². The molecule has 1 heterocycles. The second-order valence-electron chi connectivity index (χ2n) is 6.30. The second-order valence-corrected chi connectivity index (χ2v) is 9.16. The quantitative estimate of drug-likeness (QED) is 0.496. The van der Waals surface area contributed by atoms with Gasteiger partial charge in [0, 0.05) is 42.3 Å². The van der Waals surface area contributed by atoms with Crippen molar-refractivity contribution in [3.05, 3.63) is 68.7 Å². The summed E-state index contributed by atoms with van der Waals surface area (Å²) in [6, 6.07) is 12.6. The lowest BCUT2D eigenvalue weighted by Gasteiger charge is -2.34. The van der Waals surface area contributed by atoms with Crippen molar-refractivity contribution in [3.63, 3.8) is 0 Å². The van der Waals surface area contributed by atoms with Crippen molar-refractivity contribution in [2.75, 3.05) is 26.2 Å². The number of nitrogens with zero attached hydrogens (tertiary/aromatic N) is 3. The molecule has 1 fully saturated rings. The highest BCUT2D eigenvalue weighted by Gasteiger charge is 2.30. The van der Waals surface area contributed by atoms with E-state index >= 15 is 0 Å². The maximum absolute atomic E-state index is 12.8. The van der Waals surface area contributed by atoms with E-state index in [1.165, 1.54) is 16.4 Å². The second kappa shape index (κ2) is 8.38. The molecule has 0 unspecified atom stereocenters. The molecule has 148 valence electrons. The van der Waals surface area contributed by atoms with Crippen LogP contribution in [0.4, 0.5) is 5.69 Å². The number of benzene rings is 2. The predicted octanol–water partition coefficient (Wildman–Crippen LogP) is 2.43. The van der Waals surface area contributed by atoms with E-state index in [9.17, 15) is 23.3 Å². The Bertz CT molecular complexity index is 1000. The summed E-state index contributed by atoms with van der Waals surface area (Å²) >= 11 is 3.27. The molecule has 0 saturated carbocycles. The van der Waals surface area contributed by atoms with Gasteiger partial charge >= 0.3 is 0 Å². The normalized spacial score (nSPS) is 15.4. The van der Waals surface area contributed by atoms with Crippen LogP contribution in [0.25, 0.3) is 0 Å². The number of carbonyl (C=O) groups is 1. The standard InChI is InChI=1S/C18H18BrN3O5S/c19-15-5-3-6-16(13-15)28(26,27)21-10-8-20(9-11-21)18(23)12-14-4-1-2-7-17(14)22(24)25/h1-7,13H,8-12H2. The number of hydrogen-bond donors (Lipinski definition) is 0. The van der Waals surface area contributed by atoms with E-state index in [0.29, 0.717) is 10.0 Å². The highest BCUT2D eigenvalue weighted by Crippen LogP contribution is 2.22. The highest BCUT2D eigenvalue weighted by molar-refractivity contribution is 9.10. The summed E-state index contributed by atoms with van der Waals surface area (Å²) in [6.45, 7) is 0.842. The lowest BCUT2D eigenvalue weighted by Crippen LogP contribution is -2.50. The average molecular weight is 468 g/mol. The van der Waals surface area contributed by atoms with Gasteiger partial charge in [-0.1, -0.05) is 40.2 Å². The van der Waals surface area contributed by atoms with Crippen molar-refractivity contribution in [2.24, 2.45) is 0 Å². The van der Waals surface area contributed by atoms with E-state index in [-0.39, 0.29) is 49.1 Å². The van der Waals surface area contributed by atoms with Gasteiger partial charge in [-0.25, -0.2) is 8.42 Å². The summed E-state index contributed by atoms with van der Waals surface area (Å²) in [5.74, 6) is -0.256. The molecule has 3 rings (SSSR count). The Labute approximate surface area is 171 Å². The van der Waals surface area contributed by atoms with Crippen LogP contribution in [0.1, 0.15) is 5.56 Å². The summed E-state index contributed by atoms with van der Waals surface area (Å²) in [5, 5.41) is 11.1. The fourth-order valence-corrected chi connectivity index (χ4v) is 5.09. The number of halogens is 1. The lowest BCUT2D eigenvalue weighted by atomic mass is 10.1. The molecule has 0 bridgehead atoms. The van der Waals surface area contributed by atoms with Crippen LogP contribution < -0.4 is 0 Å². The van der Waals surface area contributed by atoms with Gasteiger partial charge in [-0.15, -0.1) is 0 Å². The van der Waals surface area contributed by atoms with E-state index in [2.05, 4.69) is 15.9 Å². The Morgan fingerprint density at radius 2 is 1.75 bits per heavy atom. The van der Waals surface area contributed by atoms with Crippen LogP contribution in [-0.4, -0.2) is 54.6 Å². The van der Waals surface area contributed by atoms with Gasteiger partial charge in [-0.05, 0) is 18.2 Å². The molecule has 28 heavy (non-hydrogen) atoms. The fraction of sp³-hybridized carbons (Fsp3) is 0.278. The topological polar surface area (TPSA) is 101 Å². The largest absolute Gasteiger partial charge is 0.340 e.